The average molecular weight is 383 g/mol. The molecule has 0 aliphatic carbocycles. The number of rotatable bonds is 9. The predicted octanol–water partition coefficient (Wildman–Crippen LogP) is 4.67. The molecule has 2 atom stereocenters. The van der Waals surface area contributed by atoms with Gasteiger partial charge in [-0.15, -0.1) is 6.58 Å². The van der Waals surface area contributed by atoms with E-state index in [1.807, 2.05) is 18.2 Å². The van der Waals surface area contributed by atoms with Gasteiger partial charge >= 0.3 is 0 Å². The van der Waals surface area contributed by atoms with E-state index in [-0.39, 0.29) is 11.1 Å². The van der Waals surface area contributed by atoms with Gasteiger partial charge in [-0.25, -0.2) is 0 Å². The first-order valence-electron chi connectivity index (χ1n) is 9.94. The number of aliphatic hydroxyl groups excluding tert-OH is 1. The second-order valence-electron chi connectivity index (χ2n) is 8.20. The number of benzene rings is 2. The Morgan fingerprint density at radius 3 is 1.85 bits per heavy atom. The maximum absolute atomic E-state index is 10.8. The normalized spacial score (nSPS) is 14.6. The zero-order valence-electron chi connectivity index (χ0n) is 17.2. The van der Waals surface area contributed by atoms with E-state index in [1.165, 1.54) is 10.4 Å². The molecule has 0 bridgehead atoms. The predicted molar refractivity (Wildman–Crippen MR) is 118 cm³/mol. The first kappa shape index (κ1) is 21.6. The molecule has 2 nitrogen and oxygen atoms in total. The van der Waals surface area contributed by atoms with Crippen LogP contribution < -0.4 is 10.4 Å². The Bertz CT molecular complexity index is 652. The second-order valence-corrected chi connectivity index (χ2v) is 12.5. The van der Waals surface area contributed by atoms with Gasteiger partial charge in [0.25, 0.3) is 8.32 Å². The van der Waals surface area contributed by atoms with Crippen LogP contribution in [0.25, 0.3) is 0 Å². The number of hydrogen-bond donors (Lipinski definition) is 1. The van der Waals surface area contributed by atoms with Gasteiger partial charge in [-0.05, 0) is 28.3 Å². The van der Waals surface area contributed by atoms with Crippen LogP contribution in [0.15, 0.2) is 73.3 Å². The molecule has 0 amide bonds. The van der Waals surface area contributed by atoms with Gasteiger partial charge in [0.1, 0.15) is 0 Å². The van der Waals surface area contributed by atoms with E-state index in [1.54, 1.807) is 0 Å². The van der Waals surface area contributed by atoms with Crippen LogP contribution in [0.3, 0.4) is 0 Å². The molecule has 1 N–H and O–H groups in total. The third-order valence-electron chi connectivity index (χ3n) is 5.16. The fourth-order valence-corrected chi connectivity index (χ4v) is 8.57. The first-order chi connectivity index (χ1) is 12.9. The lowest BCUT2D eigenvalue weighted by Crippen LogP contribution is -2.68. The molecule has 3 heteroatoms. The minimum absolute atomic E-state index is 0.0962. The molecule has 0 aromatic heterocycles. The number of hydrogen-bond acceptors (Lipinski definition) is 2. The minimum Gasteiger partial charge on any atom is -0.402 e. The largest absolute Gasteiger partial charge is 0.402 e. The molecule has 0 aliphatic rings. The maximum atomic E-state index is 10.8. The second kappa shape index (κ2) is 9.49. The summed E-state index contributed by atoms with van der Waals surface area (Å²) in [5.41, 5.74) is 0. The summed E-state index contributed by atoms with van der Waals surface area (Å²) in [6.07, 6.45) is 3.42. The summed E-state index contributed by atoms with van der Waals surface area (Å²) in [5, 5.41) is 13.2. The Hall–Kier alpha value is -1.68. The summed E-state index contributed by atoms with van der Waals surface area (Å²) in [4.78, 5) is 0. The van der Waals surface area contributed by atoms with E-state index in [9.17, 15) is 5.11 Å². The highest BCUT2D eigenvalue weighted by Gasteiger charge is 2.51. The summed E-state index contributed by atoms with van der Waals surface area (Å²) in [7, 11) is -2.65. The molecule has 0 radical (unpaired) electrons. The van der Waals surface area contributed by atoms with Crippen molar-refractivity contribution >= 4 is 18.7 Å². The monoisotopic (exact) mass is 382 g/mol. The van der Waals surface area contributed by atoms with Crippen LogP contribution in [0.5, 0.6) is 0 Å². The SMILES string of the molecule is C=CC[C@H](O[Si](c1ccccc1)(c1ccccc1)C(C)(C)C)[C@H](O)CCC. The molecule has 0 saturated carbocycles. The quantitative estimate of drug-likeness (QED) is 0.504. The summed E-state index contributed by atoms with van der Waals surface area (Å²) >= 11 is 0. The summed E-state index contributed by atoms with van der Waals surface area (Å²) < 4.78 is 7.05. The fourth-order valence-electron chi connectivity index (χ4n) is 3.85. The van der Waals surface area contributed by atoms with Crippen molar-refractivity contribution in [2.45, 2.75) is 64.2 Å². The highest BCUT2D eigenvalue weighted by molar-refractivity contribution is 6.99. The molecule has 2 aromatic carbocycles. The highest BCUT2D eigenvalue weighted by Crippen LogP contribution is 2.38. The molecule has 0 spiro atoms. The molecule has 2 aromatic rings. The molecular weight excluding hydrogens is 348 g/mol. The molecule has 0 heterocycles. The molecule has 0 unspecified atom stereocenters. The molecule has 0 saturated heterocycles. The topological polar surface area (TPSA) is 29.5 Å². The zero-order chi connectivity index (χ0) is 19.9. The third kappa shape index (κ3) is 4.78. The van der Waals surface area contributed by atoms with Crippen LogP contribution >= 0.6 is 0 Å². The molecule has 146 valence electrons. The van der Waals surface area contributed by atoms with Gasteiger partial charge in [-0.2, -0.15) is 0 Å². The Kier molecular flexibility index (Phi) is 7.60. The van der Waals surface area contributed by atoms with Crippen molar-refractivity contribution in [2.75, 3.05) is 0 Å². The van der Waals surface area contributed by atoms with E-state index in [0.717, 1.165) is 12.8 Å². The Balaban J connectivity index is 2.66. The lowest BCUT2D eigenvalue weighted by Gasteiger charge is -2.46. The van der Waals surface area contributed by atoms with Gasteiger partial charge in [0.05, 0.1) is 12.2 Å². The van der Waals surface area contributed by atoms with Gasteiger partial charge in [0.15, 0.2) is 0 Å². The lowest BCUT2D eigenvalue weighted by atomic mass is 10.1. The van der Waals surface area contributed by atoms with Gasteiger partial charge in [0.2, 0.25) is 0 Å². The van der Waals surface area contributed by atoms with E-state index >= 15 is 0 Å². The third-order valence-corrected chi connectivity index (χ3v) is 10.2. The van der Waals surface area contributed by atoms with Gasteiger partial charge < -0.3 is 9.53 Å². The molecule has 2 rings (SSSR count). The van der Waals surface area contributed by atoms with E-state index in [4.69, 9.17) is 4.43 Å². The summed E-state index contributed by atoms with van der Waals surface area (Å²) in [5.74, 6) is 0. The van der Waals surface area contributed by atoms with Crippen molar-refractivity contribution < 1.29 is 9.53 Å². The first-order valence-corrected chi connectivity index (χ1v) is 11.9. The van der Waals surface area contributed by atoms with Crippen molar-refractivity contribution in [3.8, 4) is 0 Å². The Labute approximate surface area is 166 Å². The van der Waals surface area contributed by atoms with Crippen LogP contribution in [0.2, 0.25) is 5.04 Å². The van der Waals surface area contributed by atoms with E-state index in [2.05, 4.69) is 82.8 Å². The van der Waals surface area contributed by atoms with Crippen LogP contribution in [0, 0.1) is 0 Å². The maximum Gasteiger partial charge on any atom is 0.261 e. The van der Waals surface area contributed by atoms with Crippen molar-refractivity contribution in [2.24, 2.45) is 0 Å². The van der Waals surface area contributed by atoms with Crippen LogP contribution in [0.1, 0.15) is 47.0 Å². The van der Waals surface area contributed by atoms with Gasteiger partial charge in [-0.3, -0.25) is 0 Å². The standard InChI is InChI=1S/C24H34O2Si/c1-6-14-22(25)23(15-7-2)26-27(24(3,4)5,20-16-10-8-11-17-20)21-18-12-9-13-19-21/h7-13,16-19,22-23,25H,2,6,14-15H2,1,3-5H3/t22-,23+/m1/s1. The zero-order valence-corrected chi connectivity index (χ0v) is 18.2. The van der Waals surface area contributed by atoms with Crippen molar-refractivity contribution in [3.63, 3.8) is 0 Å². The molecule has 0 aliphatic heterocycles. The summed E-state index contributed by atoms with van der Waals surface area (Å²) in [6.45, 7) is 12.8. The Morgan fingerprint density at radius 2 is 1.48 bits per heavy atom. The smallest absolute Gasteiger partial charge is 0.261 e. The van der Waals surface area contributed by atoms with Crippen molar-refractivity contribution in [3.05, 3.63) is 73.3 Å². The van der Waals surface area contributed by atoms with Crippen molar-refractivity contribution in [1.29, 1.82) is 0 Å². The Morgan fingerprint density at radius 1 is 1.00 bits per heavy atom. The average Bonchev–Trinajstić information content (AvgIpc) is 2.65. The van der Waals surface area contributed by atoms with E-state index in [0.29, 0.717) is 6.42 Å². The van der Waals surface area contributed by atoms with Crippen LogP contribution in [-0.2, 0) is 4.43 Å². The summed E-state index contributed by atoms with van der Waals surface area (Å²) in [6, 6.07) is 21.2. The molecular formula is C24H34O2Si. The van der Waals surface area contributed by atoms with E-state index < -0.39 is 14.4 Å². The highest BCUT2D eigenvalue weighted by atomic mass is 28.4. The van der Waals surface area contributed by atoms with Gasteiger partial charge in [-0.1, -0.05) is 101 Å². The minimum atomic E-state index is -2.65. The lowest BCUT2D eigenvalue weighted by molar-refractivity contribution is 0.0263. The van der Waals surface area contributed by atoms with Crippen LogP contribution in [0.4, 0.5) is 0 Å². The molecule has 0 fully saturated rings. The molecule has 27 heavy (non-hydrogen) atoms. The fraction of sp³-hybridized carbons (Fsp3) is 0.417. The van der Waals surface area contributed by atoms with Crippen molar-refractivity contribution in [1.82, 2.24) is 0 Å². The number of aliphatic hydroxyl groups is 1. The van der Waals surface area contributed by atoms with Crippen LogP contribution in [-0.4, -0.2) is 25.6 Å². The van der Waals surface area contributed by atoms with Gasteiger partial charge in [0, 0.05) is 0 Å².